The van der Waals surface area contributed by atoms with Crippen molar-refractivity contribution in [1.82, 2.24) is 9.88 Å². The molecule has 1 aromatic heterocycles. The minimum Gasteiger partial charge on any atom is -0.361 e. The molecule has 1 amide bonds. The summed E-state index contributed by atoms with van der Waals surface area (Å²) in [6.45, 7) is 5.92. The van der Waals surface area contributed by atoms with E-state index in [1.807, 2.05) is 6.07 Å². The van der Waals surface area contributed by atoms with Gasteiger partial charge < -0.3 is 15.2 Å². The first-order chi connectivity index (χ1) is 14.2. The van der Waals surface area contributed by atoms with Gasteiger partial charge in [0.1, 0.15) is 0 Å². The van der Waals surface area contributed by atoms with Crippen LogP contribution in [0.5, 0.6) is 0 Å². The van der Waals surface area contributed by atoms with Crippen molar-refractivity contribution < 1.29 is 4.79 Å². The fourth-order valence-corrected chi connectivity index (χ4v) is 5.19. The van der Waals surface area contributed by atoms with Crippen LogP contribution >= 0.6 is 0 Å². The fraction of sp³-hybridized carbons (Fsp3) is 0.640. The molecule has 1 aliphatic heterocycles. The van der Waals surface area contributed by atoms with Crippen LogP contribution in [0.15, 0.2) is 24.4 Å². The van der Waals surface area contributed by atoms with Crippen molar-refractivity contribution in [2.75, 3.05) is 25.0 Å². The molecule has 29 heavy (non-hydrogen) atoms. The summed E-state index contributed by atoms with van der Waals surface area (Å²) in [5, 5.41) is 4.51. The van der Waals surface area contributed by atoms with Gasteiger partial charge in [-0.3, -0.25) is 4.79 Å². The second-order valence-corrected chi connectivity index (χ2v) is 9.15. The number of nitrogens with one attached hydrogen (secondary N) is 2. The highest BCUT2D eigenvalue weighted by Crippen LogP contribution is 2.34. The molecule has 0 bridgehead atoms. The van der Waals surface area contributed by atoms with Crippen LogP contribution in [0.25, 0.3) is 10.9 Å². The highest BCUT2D eigenvalue weighted by atomic mass is 16.1. The van der Waals surface area contributed by atoms with Crippen molar-refractivity contribution in [3.63, 3.8) is 0 Å². The Bertz CT molecular complexity index is 796. The summed E-state index contributed by atoms with van der Waals surface area (Å²) in [6.07, 6.45) is 14.3. The lowest BCUT2D eigenvalue weighted by Gasteiger charge is -2.31. The summed E-state index contributed by atoms with van der Waals surface area (Å²) < 4.78 is 0. The lowest BCUT2D eigenvalue weighted by atomic mass is 9.89. The zero-order chi connectivity index (χ0) is 20.1. The topological polar surface area (TPSA) is 48.1 Å². The number of amides is 1. The summed E-state index contributed by atoms with van der Waals surface area (Å²) in [7, 11) is 0. The zero-order valence-corrected chi connectivity index (χ0v) is 18.0. The Hall–Kier alpha value is -1.81. The first-order valence-corrected chi connectivity index (χ1v) is 11.9. The quantitative estimate of drug-likeness (QED) is 0.584. The second kappa shape index (κ2) is 9.80. The number of aromatic amines is 1. The summed E-state index contributed by atoms with van der Waals surface area (Å²) in [5.41, 5.74) is 3.56. The third kappa shape index (κ3) is 5.03. The molecule has 0 spiro atoms. The molecule has 2 aromatic rings. The number of rotatable bonds is 6. The summed E-state index contributed by atoms with van der Waals surface area (Å²) in [5.74, 6) is 1.02. The normalized spacial score (nSPS) is 20.0. The Labute approximate surface area is 175 Å². The molecule has 2 heterocycles. The number of anilines is 1. The third-order valence-corrected chi connectivity index (χ3v) is 7.06. The molecule has 4 heteroatoms. The van der Waals surface area contributed by atoms with E-state index in [0.29, 0.717) is 5.92 Å². The predicted octanol–water partition coefficient (Wildman–Crippen LogP) is 6.06. The number of unbranched alkanes of at least 4 members (excludes halogenated alkanes) is 1. The minimum atomic E-state index is 0.186. The highest BCUT2D eigenvalue weighted by Gasteiger charge is 2.23. The molecule has 0 atom stereocenters. The van der Waals surface area contributed by atoms with Gasteiger partial charge >= 0.3 is 0 Å². The van der Waals surface area contributed by atoms with Crippen LogP contribution < -0.4 is 5.32 Å². The number of benzene rings is 1. The maximum Gasteiger partial charge on any atom is 0.227 e. The molecule has 4 rings (SSSR count). The van der Waals surface area contributed by atoms with Crippen molar-refractivity contribution in [2.24, 2.45) is 5.92 Å². The number of piperidine rings is 1. The predicted molar refractivity (Wildman–Crippen MR) is 121 cm³/mol. The molecule has 1 aromatic carbocycles. The highest BCUT2D eigenvalue weighted by molar-refractivity contribution is 5.96. The van der Waals surface area contributed by atoms with E-state index < -0.39 is 0 Å². The van der Waals surface area contributed by atoms with Crippen LogP contribution in [0.2, 0.25) is 0 Å². The van der Waals surface area contributed by atoms with Gasteiger partial charge in [0.25, 0.3) is 0 Å². The van der Waals surface area contributed by atoms with Gasteiger partial charge in [0.05, 0.1) is 0 Å². The van der Waals surface area contributed by atoms with Crippen molar-refractivity contribution in [3.8, 4) is 0 Å². The maximum atomic E-state index is 12.8. The molecule has 2 N–H and O–H groups in total. The molecule has 1 saturated heterocycles. The standard InChI is InChI=1S/C25H37N3O/c1-2-3-14-28-15-12-19(13-16-28)23-18-26-24-11-10-21(17-22(23)24)27-25(29)20-8-6-4-5-7-9-20/h10-11,17-20,26H,2-9,12-16H2,1H3,(H,27,29). The van der Waals surface area contributed by atoms with Crippen molar-refractivity contribution in [3.05, 3.63) is 30.0 Å². The van der Waals surface area contributed by atoms with E-state index in [4.69, 9.17) is 0 Å². The van der Waals surface area contributed by atoms with Crippen LogP contribution in [-0.4, -0.2) is 35.4 Å². The summed E-state index contributed by atoms with van der Waals surface area (Å²) >= 11 is 0. The van der Waals surface area contributed by atoms with Gasteiger partial charge in [0.15, 0.2) is 0 Å². The Kier molecular flexibility index (Phi) is 6.91. The lowest BCUT2D eigenvalue weighted by Crippen LogP contribution is -2.33. The minimum absolute atomic E-state index is 0.186. The average Bonchev–Trinajstić information content (AvgIpc) is 2.97. The number of hydrogen-bond donors (Lipinski definition) is 2. The number of carbonyl (C=O) groups excluding carboxylic acids is 1. The number of fused-ring (bicyclic) bond motifs is 1. The van der Waals surface area contributed by atoms with Gasteiger partial charge in [-0.15, -0.1) is 0 Å². The van der Waals surface area contributed by atoms with Crippen LogP contribution in [0.3, 0.4) is 0 Å². The van der Waals surface area contributed by atoms with Gasteiger partial charge in [-0.25, -0.2) is 0 Å². The SMILES string of the molecule is CCCCN1CCC(c2c[nH]c3ccc(NC(=O)C4CCCCCC4)cc23)CC1. The Morgan fingerprint density at radius 3 is 2.59 bits per heavy atom. The largest absolute Gasteiger partial charge is 0.361 e. The van der Waals surface area contributed by atoms with E-state index in [1.165, 1.54) is 87.5 Å². The second-order valence-electron chi connectivity index (χ2n) is 9.15. The van der Waals surface area contributed by atoms with Crippen molar-refractivity contribution in [1.29, 1.82) is 0 Å². The van der Waals surface area contributed by atoms with Crippen LogP contribution in [0.4, 0.5) is 5.69 Å². The zero-order valence-electron chi connectivity index (χ0n) is 18.0. The molecule has 158 valence electrons. The average molecular weight is 396 g/mol. The van der Waals surface area contributed by atoms with Crippen LogP contribution in [-0.2, 0) is 4.79 Å². The molecule has 1 saturated carbocycles. The van der Waals surface area contributed by atoms with E-state index >= 15 is 0 Å². The van der Waals surface area contributed by atoms with E-state index in [0.717, 1.165) is 18.5 Å². The van der Waals surface area contributed by atoms with Crippen molar-refractivity contribution >= 4 is 22.5 Å². The molecule has 4 nitrogen and oxygen atoms in total. The Morgan fingerprint density at radius 2 is 1.86 bits per heavy atom. The number of H-pyrrole nitrogens is 1. The van der Waals surface area contributed by atoms with E-state index in [-0.39, 0.29) is 11.8 Å². The first kappa shape index (κ1) is 20.5. The molecular formula is C25H37N3O. The number of carbonyl (C=O) groups is 1. The van der Waals surface area contributed by atoms with Crippen LogP contribution in [0, 0.1) is 5.92 Å². The molecule has 1 aliphatic carbocycles. The molecule has 0 unspecified atom stereocenters. The van der Waals surface area contributed by atoms with Gasteiger partial charge in [-0.2, -0.15) is 0 Å². The summed E-state index contributed by atoms with van der Waals surface area (Å²) in [4.78, 5) is 18.9. The number of nitrogens with zero attached hydrogens (tertiary/aromatic N) is 1. The smallest absolute Gasteiger partial charge is 0.227 e. The lowest BCUT2D eigenvalue weighted by molar-refractivity contribution is -0.120. The van der Waals surface area contributed by atoms with Crippen LogP contribution in [0.1, 0.15) is 82.6 Å². The monoisotopic (exact) mass is 395 g/mol. The Balaban J connectivity index is 1.43. The third-order valence-electron chi connectivity index (χ3n) is 7.06. The number of hydrogen-bond acceptors (Lipinski definition) is 2. The van der Waals surface area contributed by atoms with Gasteiger partial charge in [0.2, 0.25) is 5.91 Å². The summed E-state index contributed by atoms with van der Waals surface area (Å²) in [6, 6.07) is 6.36. The van der Waals surface area contributed by atoms with E-state index in [1.54, 1.807) is 0 Å². The fourth-order valence-electron chi connectivity index (χ4n) is 5.19. The molecular weight excluding hydrogens is 358 g/mol. The van der Waals surface area contributed by atoms with Gasteiger partial charge in [-0.05, 0) is 81.4 Å². The first-order valence-electron chi connectivity index (χ1n) is 11.9. The van der Waals surface area contributed by atoms with E-state index in [2.05, 4.69) is 40.5 Å². The van der Waals surface area contributed by atoms with Gasteiger partial charge in [-0.1, -0.05) is 39.0 Å². The Morgan fingerprint density at radius 1 is 1.10 bits per heavy atom. The van der Waals surface area contributed by atoms with E-state index in [9.17, 15) is 4.79 Å². The van der Waals surface area contributed by atoms with Gasteiger partial charge in [0, 0.05) is 28.7 Å². The number of likely N-dealkylation sites (tertiary alicyclic amines) is 1. The maximum absolute atomic E-state index is 12.8. The van der Waals surface area contributed by atoms with Crippen molar-refractivity contribution in [2.45, 2.75) is 77.0 Å². The molecule has 2 aliphatic rings. The molecule has 0 radical (unpaired) electrons. The number of aromatic nitrogens is 1. The molecule has 2 fully saturated rings.